The standard InChI is InChI=1S/C23H32O5/c1-13(24)27-16-7-9-22(3)15(11-16)5-6-17-18(22)8-10-23(4)19(17)12-20(26)21(23)28-14(2)25/h5,16-19,21H,6-12H2,1-4H3/t16-,17+,18-,19-,21-,22-,23-/m0/s1. The van der Waals surface area contributed by atoms with Gasteiger partial charge in [0.25, 0.3) is 0 Å². The van der Waals surface area contributed by atoms with Gasteiger partial charge in [-0.25, -0.2) is 0 Å². The van der Waals surface area contributed by atoms with Crippen LogP contribution in [-0.4, -0.2) is 29.9 Å². The van der Waals surface area contributed by atoms with Crippen LogP contribution >= 0.6 is 0 Å². The quantitative estimate of drug-likeness (QED) is 0.528. The van der Waals surface area contributed by atoms with E-state index in [-0.39, 0.29) is 40.6 Å². The van der Waals surface area contributed by atoms with E-state index in [4.69, 9.17) is 9.47 Å². The summed E-state index contributed by atoms with van der Waals surface area (Å²) < 4.78 is 11.0. The highest BCUT2D eigenvalue weighted by atomic mass is 16.5. The first-order chi connectivity index (χ1) is 13.1. The molecular formula is C23H32O5. The molecule has 0 heterocycles. The van der Waals surface area contributed by atoms with Gasteiger partial charge >= 0.3 is 11.9 Å². The number of ketones is 1. The van der Waals surface area contributed by atoms with Gasteiger partial charge in [0.15, 0.2) is 11.9 Å². The van der Waals surface area contributed by atoms with Gasteiger partial charge in [0.1, 0.15) is 6.10 Å². The van der Waals surface area contributed by atoms with Gasteiger partial charge in [-0.2, -0.15) is 0 Å². The lowest BCUT2D eigenvalue weighted by molar-refractivity contribution is -0.161. The van der Waals surface area contributed by atoms with E-state index < -0.39 is 6.10 Å². The third kappa shape index (κ3) is 2.93. The Bertz CT molecular complexity index is 739. The van der Waals surface area contributed by atoms with E-state index in [1.165, 1.54) is 19.4 Å². The minimum atomic E-state index is -0.575. The van der Waals surface area contributed by atoms with Crippen molar-refractivity contribution in [2.45, 2.75) is 84.8 Å². The Balaban J connectivity index is 1.59. The summed E-state index contributed by atoms with van der Waals surface area (Å²) in [5, 5.41) is 0. The highest BCUT2D eigenvalue weighted by molar-refractivity contribution is 5.89. The molecule has 3 saturated carbocycles. The Morgan fingerprint density at radius 2 is 1.71 bits per heavy atom. The molecule has 0 aromatic carbocycles. The number of rotatable bonds is 2. The van der Waals surface area contributed by atoms with Crippen molar-refractivity contribution in [2.24, 2.45) is 28.6 Å². The number of hydrogen-bond donors (Lipinski definition) is 0. The molecular weight excluding hydrogens is 356 g/mol. The van der Waals surface area contributed by atoms with Gasteiger partial charge in [0.2, 0.25) is 0 Å². The van der Waals surface area contributed by atoms with E-state index in [0.717, 1.165) is 38.5 Å². The van der Waals surface area contributed by atoms with Crippen LogP contribution in [0.5, 0.6) is 0 Å². The SMILES string of the molecule is CC(=O)O[C@H]1CC[C@@]2(C)C(=CC[C@H]3[C@@H]4CC(=O)[C@H](OC(C)=O)[C@@]4(C)CC[C@@H]32)C1. The fourth-order valence-corrected chi connectivity index (χ4v) is 7.08. The molecule has 4 aliphatic carbocycles. The maximum Gasteiger partial charge on any atom is 0.303 e. The predicted molar refractivity (Wildman–Crippen MR) is 103 cm³/mol. The van der Waals surface area contributed by atoms with E-state index in [9.17, 15) is 14.4 Å². The van der Waals surface area contributed by atoms with Crippen molar-refractivity contribution < 1.29 is 23.9 Å². The van der Waals surface area contributed by atoms with E-state index in [1.807, 2.05) is 0 Å². The first-order valence-corrected chi connectivity index (χ1v) is 10.7. The van der Waals surface area contributed by atoms with Crippen molar-refractivity contribution >= 4 is 17.7 Å². The average molecular weight is 389 g/mol. The van der Waals surface area contributed by atoms with Crippen molar-refractivity contribution in [3.63, 3.8) is 0 Å². The molecule has 0 unspecified atom stereocenters. The largest absolute Gasteiger partial charge is 0.462 e. The second-order valence-electron chi connectivity index (χ2n) is 9.94. The molecule has 0 radical (unpaired) electrons. The summed E-state index contributed by atoms with van der Waals surface area (Å²) in [7, 11) is 0. The van der Waals surface area contributed by atoms with Crippen molar-refractivity contribution in [1.82, 2.24) is 0 Å². The number of ether oxygens (including phenoxy) is 2. The summed E-state index contributed by atoms with van der Waals surface area (Å²) >= 11 is 0. The zero-order valence-corrected chi connectivity index (χ0v) is 17.5. The Morgan fingerprint density at radius 3 is 2.39 bits per heavy atom. The molecule has 4 rings (SSSR count). The second-order valence-corrected chi connectivity index (χ2v) is 9.94. The number of carbonyl (C=O) groups excluding carboxylic acids is 3. The van der Waals surface area contributed by atoms with Crippen molar-refractivity contribution in [1.29, 1.82) is 0 Å². The smallest absolute Gasteiger partial charge is 0.303 e. The zero-order chi connectivity index (χ0) is 20.3. The molecule has 0 saturated heterocycles. The molecule has 3 fully saturated rings. The molecule has 154 valence electrons. The minimum Gasteiger partial charge on any atom is -0.462 e. The number of fused-ring (bicyclic) bond motifs is 5. The van der Waals surface area contributed by atoms with E-state index >= 15 is 0 Å². The summed E-state index contributed by atoms with van der Waals surface area (Å²) in [5.41, 5.74) is 1.33. The lowest BCUT2D eigenvalue weighted by Gasteiger charge is -2.57. The number of allylic oxidation sites excluding steroid dienone is 1. The van der Waals surface area contributed by atoms with E-state index in [0.29, 0.717) is 18.3 Å². The molecule has 28 heavy (non-hydrogen) atoms. The van der Waals surface area contributed by atoms with Crippen LogP contribution < -0.4 is 0 Å². The minimum absolute atomic E-state index is 0.00337. The fraction of sp³-hybridized carbons (Fsp3) is 0.783. The summed E-state index contributed by atoms with van der Waals surface area (Å²) in [6, 6.07) is 0. The Labute approximate surface area is 167 Å². The van der Waals surface area contributed by atoms with Gasteiger partial charge in [-0.3, -0.25) is 14.4 Å². The molecule has 0 N–H and O–H groups in total. The fourth-order valence-electron chi connectivity index (χ4n) is 7.08. The van der Waals surface area contributed by atoms with Crippen LogP contribution in [0.15, 0.2) is 11.6 Å². The summed E-state index contributed by atoms with van der Waals surface area (Å²) in [5.74, 6) is 0.835. The lowest BCUT2D eigenvalue weighted by atomic mass is 9.48. The van der Waals surface area contributed by atoms with Crippen LogP contribution in [0.25, 0.3) is 0 Å². The maximum atomic E-state index is 12.7. The van der Waals surface area contributed by atoms with Gasteiger partial charge in [-0.05, 0) is 55.3 Å². The molecule has 0 aromatic rings. The van der Waals surface area contributed by atoms with Gasteiger partial charge in [-0.15, -0.1) is 0 Å². The van der Waals surface area contributed by atoms with Crippen molar-refractivity contribution in [3.8, 4) is 0 Å². The third-order valence-corrected chi connectivity index (χ3v) is 8.43. The molecule has 0 aliphatic heterocycles. The number of hydrogen-bond acceptors (Lipinski definition) is 5. The number of Topliss-reactive ketones (excluding diaryl/α,β-unsaturated/α-hetero) is 1. The van der Waals surface area contributed by atoms with E-state index in [1.54, 1.807) is 0 Å². The first-order valence-electron chi connectivity index (χ1n) is 10.7. The van der Waals surface area contributed by atoms with E-state index in [2.05, 4.69) is 19.9 Å². The van der Waals surface area contributed by atoms with Crippen LogP contribution in [0.4, 0.5) is 0 Å². The van der Waals surface area contributed by atoms with Crippen molar-refractivity contribution in [3.05, 3.63) is 11.6 Å². The Hall–Kier alpha value is -1.65. The van der Waals surface area contributed by atoms with Gasteiger partial charge in [0.05, 0.1) is 0 Å². The molecule has 5 nitrogen and oxygen atoms in total. The molecule has 0 bridgehead atoms. The lowest BCUT2D eigenvalue weighted by Crippen LogP contribution is -2.52. The number of esters is 2. The van der Waals surface area contributed by atoms with Crippen LogP contribution in [0.3, 0.4) is 0 Å². The monoisotopic (exact) mass is 388 g/mol. The highest BCUT2D eigenvalue weighted by Gasteiger charge is 2.62. The average Bonchev–Trinajstić information content (AvgIpc) is 2.85. The summed E-state index contributed by atoms with van der Waals surface area (Å²) in [6.45, 7) is 7.42. The Morgan fingerprint density at radius 1 is 1.00 bits per heavy atom. The predicted octanol–water partition coefficient (Wildman–Crippen LogP) is 3.99. The molecule has 0 aromatic heterocycles. The van der Waals surface area contributed by atoms with Crippen molar-refractivity contribution in [2.75, 3.05) is 0 Å². The molecule has 0 amide bonds. The number of carbonyl (C=O) groups is 3. The maximum absolute atomic E-state index is 12.7. The van der Waals surface area contributed by atoms with Gasteiger partial charge in [0, 0.05) is 32.1 Å². The first kappa shape index (κ1) is 19.7. The molecule has 5 heteroatoms. The zero-order valence-electron chi connectivity index (χ0n) is 17.5. The molecule has 4 aliphatic rings. The van der Waals surface area contributed by atoms with Gasteiger partial charge in [-0.1, -0.05) is 25.5 Å². The van der Waals surface area contributed by atoms with Crippen LogP contribution in [0.1, 0.15) is 72.6 Å². The third-order valence-electron chi connectivity index (χ3n) is 8.43. The molecule has 0 spiro atoms. The molecule has 7 atom stereocenters. The summed E-state index contributed by atoms with van der Waals surface area (Å²) in [6.07, 6.45) is 8.08. The normalized spacial score (nSPS) is 44.6. The second kappa shape index (κ2) is 6.70. The van der Waals surface area contributed by atoms with Crippen LogP contribution in [0.2, 0.25) is 0 Å². The highest BCUT2D eigenvalue weighted by Crippen LogP contribution is 2.64. The topological polar surface area (TPSA) is 69.7 Å². The van der Waals surface area contributed by atoms with Crippen LogP contribution in [-0.2, 0) is 23.9 Å². The van der Waals surface area contributed by atoms with Gasteiger partial charge < -0.3 is 9.47 Å². The van der Waals surface area contributed by atoms with Crippen LogP contribution in [0, 0.1) is 28.6 Å². The Kier molecular flexibility index (Phi) is 4.71. The summed E-state index contributed by atoms with van der Waals surface area (Å²) in [4.78, 5) is 35.7.